The molecular weight excluding hydrogens is 310 g/mol. The summed E-state index contributed by atoms with van der Waals surface area (Å²) in [5.41, 5.74) is 2.31. The van der Waals surface area contributed by atoms with Crippen LogP contribution in [0.5, 0.6) is 0 Å². The standard InChI is InChI=1S/C18H23NO3S/c1-11-7-9-14(10-8-11)13(3)22-16(20)15-12(2)19-17(23-15)18(4,5)21-6/h7-10,13H,1-6H3. The first-order chi connectivity index (χ1) is 10.7. The molecule has 0 aliphatic rings. The van der Waals surface area contributed by atoms with Crippen LogP contribution >= 0.6 is 11.3 Å². The predicted molar refractivity (Wildman–Crippen MR) is 91.9 cm³/mol. The van der Waals surface area contributed by atoms with E-state index in [0.717, 1.165) is 10.6 Å². The maximum atomic E-state index is 12.5. The molecule has 1 atom stereocenters. The van der Waals surface area contributed by atoms with Crippen LogP contribution in [0.2, 0.25) is 0 Å². The van der Waals surface area contributed by atoms with E-state index in [4.69, 9.17) is 9.47 Å². The van der Waals surface area contributed by atoms with Gasteiger partial charge in [-0.15, -0.1) is 11.3 Å². The van der Waals surface area contributed by atoms with Gasteiger partial charge in [0.1, 0.15) is 21.6 Å². The van der Waals surface area contributed by atoms with Crippen LogP contribution in [0.4, 0.5) is 0 Å². The number of nitrogens with zero attached hydrogens (tertiary/aromatic N) is 1. The van der Waals surface area contributed by atoms with Gasteiger partial charge in [-0.2, -0.15) is 0 Å². The molecule has 2 rings (SSSR count). The van der Waals surface area contributed by atoms with Crippen molar-refractivity contribution in [2.75, 3.05) is 7.11 Å². The molecule has 124 valence electrons. The van der Waals surface area contributed by atoms with Crippen LogP contribution in [0, 0.1) is 13.8 Å². The number of aromatic nitrogens is 1. The molecule has 5 heteroatoms. The third kappa shape index (κ3) is 3.98. The minimum absolute atomic E-state index is 0.302. The third-order valence-corrected chi connectivity index (χ3v) is 5.28. The quantitative estimate of drug-likeness (QED) is 0.753. The van der Waals surface area contributed by atoms with Gasteiger partial charge in [0.25, 0.3) is 0 Å². The molecule has 0 saturated heterocycles. The number of methoxy groups -OCH3 is 1. The van der Waals surface area contributed by atoms with Crippen molar-refractivity contribution in [3.05, 3.63) is 51.0 Å². The Hall–Kier alpha value is -1.72. The molecular formula is C18H23NO3S. The Morgan fingerprint density at radius 3 is 2.39 bits per heavy atom. The summed E-state index contributed by atoms with van der Waals surface area (Å²) < 4.78 is 11.0. The summed E-state index contributed by atoms with van der Waals surface area (Å²) >= 11 is 1.33. The lowest BCUT2D eigenvalue weighted by Gasteiger charge is -2.19. The molecule has 0 radical (unpaired) electrons. The Labute approximate surface area is 141 Å². The lowest BCUT2D eigenvalue weighted by molar-refractivity contribution is 0.0189. The van der Waals surface area contributed by atoms with Crippen LogP contribution in [0.15, 0.2) is 24.3 Å². The van der Waals surface area contributed by atoms with E-state index in [-0.39, 0.29) is 12.1 Å². The molecule has 0 N–H and O–H groups in total. The molecule has 0 aliphatic heterocycles. The minimum atomic E-state index is -0.517. The molecule has 1 heterocycles. The average Bonchev–Trinajstić information content (AvgIpc) is 2.90. The number of rotatable bonds is 5. The lowest BCUT2D eigenvalue weighted by atomic mass is 10.1. The van der Waals surface area contributed by atoms with Crippen LogP contribution in [-0.2, 0) is 15.1 Å². The highest BCUT2D eigenvalue weighted by Gasteiger charge is 2.28. The van der Waals surface area contributed by atoms with Crippen molar-refractivity contribution >= 4 is 17.3 Å². The van der Waals surface area contributed by atoms with E-state index in [1.807, 2.05) is 58.9 Å². The summed E-state index contributed by atoms with van der Waals surface area (Å²) in [6.45, 7) is 9.57. The minimum Gasteiger partial charge on any atom is -0.454 e. The van der Waals surface area contributed by atoms with Crippen LogP contribution in [0.3, 0.4) is 0 Å². The molecule has 2 aromatic rings. The van der Waals surface area contributed by atoms with Gasteiger partial charge in [0.2, 0.25) is 0 Å². The van der Waals surface area contributed by atoms with Crippen molar-refractivity contribution in [3.8, 4) is 0 Å². The van der Waals surface area contributed by atoms with Crippen molar-refractivity contribution in [2.24, 2.45) is 0 Å². The van der Waals surface area contributed by atoms with Crippen LogP contribution in [-0.4, -0.2) is 18.1 Å². The summed E-state index contributed by atoms with van der Waals surface area (Å²) in [6, 6.07) is 7.98. The Morgan fingerprint density at radius 1 is 1.22 bits per heavy atom. The number of carbonyl (C=O) groups is 1. The average molecular weight is 333 g/mol. The fourth-order valence-electron chi connectivity index (χ4n) is 2.05. The largest absolute Gasteiger partial charge is 0.454 e. The molecule has 0 spiro atoms. The van der Waals surface area contributed by atoms with Gasteiger partial charge in [-0.25, -0.2) is 9.78 Å². The zero-order valence-electron chi connectivity index (χ0n) is 14.5. The third-order valence-electron chi connectivity index (χ3n) is 3.84. The van der Waals surface area contributed by atoms with E-state index < -0.39 is 5.60 Å². The zero-order chi connectivity index (χ0) is 17.2. The van der Waals surface area contributed by atoms with Crippen molar-refractivity contribution in [1.29, 1.82) is 0 Å². The van der Waals surface area contributed by atoms with Crippen molar-refractivity contribution < 1.29 is 14.3 Å². The number of esters is 1. The Kier molecular flexibility index (Phi) is 5.22. The fraction of sp³-hybridized carbons (Fsp3) is 0.444. The summed E-state index contributed by atoms with van der Waals surface area (Å²) in [5.74, 6) is -0.341. The van der Waals surface area contributed by atoms with Crippen molar-refractivity contribution in [1.82, 2.24) is 4.98 Å². The number of hydrogen-bond acceptors (Lipinski definition) is 5. The van der Waals surface area contributed by atoms with Gasteiger partial charge >= 0.3 is 5.97 Å². The highest BCUT2D eigenvalue weighted by atomic mass is 32.1. The highest BCUT2D eigenvalue weighted by Crippen LogP contribution is 2.31. The zero-order valence-corrected chi connectivity index (χ0v) is 15.3. The second-order valence-corrected chi connectivity index (χ2v) is 7.11. The maximum absolute atomic E-state index is 12.5. The van der Waals surface area contributed by atoms with Gasteiger partial charge in [0.05, 0.1) is 5.69 Å². The normalized spacial score (nSPS) is 13.0. The molecule has 23 heavy (non-hydrogen) atoms. The molecule has 0 bridgehead atoms. The Bertz CT molecular complexity index is 689. The number of hydrogen-bond donors (Lipinski definition) is 0. The second kappa shape index (κ2) is 6.81. The van der Waals surface area contributed by atoms with Crippen molar-refractivity contribution in [2.45, 2.75) is 46.3 Å². The van der Waals surface area contributed by atoms with E-state index in [0.29, 0.717) is 10.6 Å². The summed E-state index contributed by atoms with van der Waals surface area (Å²) in [4.78, 5) is 17.4. The van der Waals surface area contributed by atoms with Crippen LogP contribution < -0.4 is 0 Å². The predicted octanol–water partition coefficient (Wildman–Crippen LogP) is 4.56. The van der Waals surface area contributed by atoms with Gasteiger partial charge in [-0.3, -0.25) is 0 Å². The SMILES string of the molecule is COC(C)(C)c1nc(C)c(C(=O)OC(C)c2ccc(C)cc2)s1. The van der Waals surface area contributed by atoms with Crippen LogP contribution in [0.25, 0.3) is 0 Å². The molecule has 4 nitrogen and oxygen atoms in total. The fourth-order valence-corrected chi connectivity index (χ4v) is 3.08. The number of aryl methyl sites for hydroxylation is 2. The van der Waals surface area contributed by atoms with Gasteiger partial charge in [0.15, 0.2) is 0 Å². The van der Waals surface area contributed by atoms with Crippen molar-refractivity contribution in [3.63, 3.8) is 0 Å². The highest BCUT2D eigenvalue weighted by molar-refractivity contribution is 7.13. The molecule has 1 unspecified atom stereocenters. The monoisotopic (exact) mass is 333 g/mol. The number of carbonyl (C=O) groups excluding carboxylic acids is 1. The summed E-state index contributed by atoms with van der Waals surface area (Å²) in [7, 11) is 1.63. The first kappa shape index (κ1) is 17.6. The smallest absolute Gasteiger partial charge is 0.350 e. The first-order valence-electron chi connectivity index (χ1n) is 7.55. The van der Waals surface area contributed by atoms with Gasteiger partial charge in [-0.1, -0.05) is 29.8 Å². The van der Waals surface area contributed by atoms with Gasteiger partial charge in [-0.05, 0) is 40.2 Å². The summed E-state index contributed by atoms with van der Waals surface area (Å²) in [6.07, 6.45) is -0.302. The topological polar surface area (TPSA) is 48.4 Å². The van der Waals surface area contributed by atoms with E-state index >= 15 is 0 Å². The molecule has 0 aliphatic carbocycles. The van der Waals surface area contributed by atoms with E-state index in [1.165, 1.54) is 16.9 Å². The maximum Gasteiger partial charge on any atom is 0.350 e. The molecule has 1 aromatic heterocycles. The Morgan fingerprint density at radius 2 is 1.83 bits per heavy atom. The van der Waals surface area contributed by atoms with E-state index in [1.54, 1.807) is 7.11 Å². The molecule has 0 amide bonds. The van der Waals surface area contributed by atoms with Gasteiger partial charge < -0.3 is 9.47 Å². The van der Waals surface area contributed by atoms with Gasteiger partial charge in [0, 0.05) is 7.11 Å². The second-order valence-electron chi connectivity index (χ2n) is 6.11. The summed E-state index contributed by atoms with van der Waals surface area (Å²) in [5, 5.41) is 0.771. The van der Waals surface area contributed by atoms with E-state index in [2.05, 4.69) is 4.98 Å². The Balaban J connectivity index is 2.16. The molecule has 0 saturated carbocycles. The first-order valence-corrected chi connectivity index (χ1v) is 8.37. The number of thiazole rings is 1. The van der Waals surface area contributed by atoms with Crippen LogP contribution in [0.1, 0.15) is 58.4 Å². The van der Waals surface area contributed by atoms with E-state index in [9.17, 15) is 4.79 Å². The number of ether oxygens (including phenoxy) is 2. The molecule has 1 aromatic carbocycles. The molecule has 0 fully saturated rings. The number of benzene rings is 1. The lowest BCUT2D eigenvalue weighted by Crippen LogP contribution is -2.18.